The Kier molecular flexibility index (Phi) is 3.94. The number of hydrogen-bond acceptors (Lipinski definition) is 5. The van der Waals surface area contributed by atoms with E-state index in [0.29, 0.717) is 17.3 Å². The number of nitrogens with one attached hydrogen (secondary N) is 1. The predicted molar refractivity (Wildman–Crippen MR) is 65.2 cm³/mol. The van der Waals surface area contributed by atoms with Gasteiger partial charge in [-0.25, -0.2) is 10.8 Å². The van der Waals surface area contributed by atoms with E-state index < -0.39 is 6.36 Å². The molecule has 0 fully saturated rings. The molecule has 0 saturated heterocycles. The molecule has 0 aliphatic rings. The number of nitrogens with two attached hydrogens (primary N) is 1. The van der Waals surface area contributed by atoms with Crippen molar-refractivity contribution in [2.45, 2.75) is 6.36 Å². The highest BCUT2D eigenvalue weighted by Gasteiger charge is 2.30. The van der Waals surface area contributed by atoms with Crippen molar-refractivity contribution in [1.82, 2.24) is 4.98 Å². The summed E-state index contributed by atoms with van der Waals surface area (Å²) in [5, 5.41) is 0. The fraction of sp³-hybridized carbons (Fsp3) is 0.0833. The molecule has 20 heavy (non-hydrogen) atoms. The van der Waals surface area contributed by atoms with Crippen molar-refractivity contribution in [1.29, 1.82) is 0 Å². The second-order valence-electron chi connectivity index (χ2n) is 3.64. The van der Waals surface area contributed by atoms with Gasteiger partial charge in [0.2, 0.25) is 0 Å². The number of hydrazine groups is 1. The average molecular weight is 285 g/mol. The number of rotatable bonds is 4. The van der Waals surface area contributed by atoms with Crippen molar-refractivity contribution < 1.29 is 22.6 Å². The fourth-order valence-corrected chi connectivity index (χ4v) is 1.40. The summed E-state index contributed by atoms with van der Waals surface area (Å²) in [6, 6.07) is 8.16. The molecule has 0 aliphatic heterocycles. The van der Waals surface area contributed by atoms with Crippen LogP contribution in [0.1, 0.15) is 0 Å². The highest BCUT2D eigenvalue weighted by molar-refractivity contribution is 5.42. The zero-order chi connectivity index (χ0) is 14.6. The standard InChI is InChI=1S/C12H10F3N3O2/c13-12(14,15)20-9-3-1-8(2-4-9)19-10-5-6-17-11(7-10)18-16/h1-7H,16H2,(H,17,18). The molecule has 3 N–H and O–H groups in total. The third-order valence-corrected chi connectivity index (χ3v) is 2.17. The summed E-state index contributed by atoms with van der Waals surface area (Å²) in [5.74, 6) is 6.08. The Morgan fingerprint density at radius 1 is 1.00 bits per heavy atom. The lowest BCUT2D eigenvalue weighted by Crippen LogP contribution is -2.16. The molecular formula is C12H10F3N3O2. The molecule has 1 aromatic heterocycles. The smallest absolute Gasteiger partial charge is 0.457 e. The van der Waals surface area contributed by atoms with E-state index >= 15 is 0 Å². The summed E-state index contributed by atoms with van der Waals surface area (Å²) in [4.78, 5) is 3.89. The Balaban J connectivity index is 2.06. The molecule has 0 spiro atoms. The zero-order valence-electron chi connectivity index (χ0n) is 10.0. The lowest BCUT2D eigenvalue weighted by molar-refractivity contribution is -0.274. The average Bonchev–Trinajstić information content (AvgIpc) is 2.40. The number of benzene rings is 1. The molecular weight excluding hydrogens is 275 g/mol. The van der Waals surface area contributed by atoms with Crippen LogP contribution in [0.25, 0.3) is 0 Å². The maximum Gasteiger partial charge on any atom is 0.573 e. The lowest BCUT2D eigenvalue weighted by Gasteiger charge is -2.10. The van der Waals surface area contributed by atoms with Crippen molar-refractivity contribution in [2.24, 2.45) is 5.84 Å². The monoisotopic (exact) mass is 285 g/mol. The SMILES string of the molecule is NNc1cc(Oc2ccc(OC(F)(F)F)cc2)ccn1. The van der Waals surface area contributed by atoms with Gasteiger partial charge in [-0.05, 0) is 30.3 Å². The minimum Gasteiger partial charge on any atom is -0.457 e. The molecule has 0 saturated carbocycles. The topological polar surface area (TPSA) is 69.4 Å². The summed E-state index contributed by atoms with van der Waals surface area (Å²) in [6.45, 7) is 0. The Labute approximate surface area is 112 Å². The molecule has 0 bridgehead atoms. The molecule has 5 nitrogen and oxygen atoms in total. The Hall–Kier alpha value is -2.48. The first kappa shape index (κ1) is 13.9. The third kappa shape index (κ3) is 4.02. The van der Waals surface area contributed by atoms with E-state index in [2.05, 4.69) is 15.1 Å². The van der Waals surface area contributed by atoms with E-state index in [9.17, 15) is 13.2 Å². The molecule has 0 amide bonds. The molecule has 0 aliphatic carbocycles. The zero-order valence-corrected chi connectivity index (χ0v) is 10.0. The van der Waals surface area contributed by atoms with Gasteiger partial charge in [-0.2, -0.15) is 0 Å². The second-order valence-corrected chi connectivity index (χ2v) is 3.64. The van der Waals surface area contributed by atoms with Crippen LogP contribution in [0.2, 0.25) is 0 Å². The fourth-order valence-electron chi connectivity index (χ4n) is 1.40. The Morgan fingerprint density at radius 2 is 1.65 bits per heavy atom. The van der Waals surface area contributed by atoms with Gasteiger partial charge in [0.1, 0.15) is 23.1 Å². The molecule has 1 heterocycles. The molecule has 0 atom stereocenters. The van der Waals surface area contributed by atoms with E-state index in [4.69, 9.17) is 10.6 Å². The molecule has 0 unspecified atom stereocenters. The van der Waals surface area contributed by atoms with Crippen molar-refractivity contribution >= 4 is 5.82 Å². The van der Waals surface area contributed by atoms with Crippen molar-refractivity contribution in [3.05, 3.63) is 42.6 Å². The number of anilines is 1. The lowest BCUT2D eigenvalue weighted by atomic mass is 10.3. The van der Waals surface area contributed by atoms with Gasteiger partial charge in [-0.15, -0.1) is 13.2 Å². The first-order chi connectivity index (χ1) is 9.46. The summed E-state index contributed by atoms with van der Waals surface area (Å²) in [7, 11) is 0. The van der Waals surface area contributed by atoms with Gasteiger partial charge < -0.3 is 14.9 Å². The van der Waals surface area contributed by atoms with Gasteiger partial charge in [-0.3, -0.25) is 0 Å². The number of pyridine rings is 1. The largest absolute Gasteiger partial charge is 0.573 e. The molecule has 0 radical (unpaired) electrons. The number of alkyl halides is 3. The van der Waals surface area contributed by atoms with Gasteiger partial charge in [-0.1, -0.05) is 0 Å². The van der Waals surface area contributed by atoms with E-state index in [1.165, 1.54) is 18.3 Å². The summed E-state index contributed by atoms with van der Waals surface area (Å²) >= 11 is 0. The highest BCUT2D eigenvalue weighted by Crippen LogP contribution is 2.27. The van der Waals surface area contributed by atoms with E-state index in [0.717, 1.165) is 12.1 Å². The van der Waals surface area contributed by atoms with Crippen molar-refractivity contribution in [3.8, 4) is 17.2 Å². The molecule has 2 rings (SSSR count). The summed E-state index contributed by atoms with van der Waals surface area (Å²) in [6.07, 6.45) is -3.24. The highest BCUT2D eigenvalue weighted by atomic mass is 19.4. The molecule has 2 aromatic rings. The predicted octanol–water partition coefficient (Wildman–Crippen LogP) is 3.06. The number of nitrogen functional groups attached to an aromatic ring is 1. The van der Waals surface area contributed by atoms with Gasteiger partial charge in [0.25, 0.3) is 0 Å². The van der Waals surface area contributed by atoms with Crippen LogP contribution in [0.4, 0.5) is 19.0 Å². The van der Waals surface area contributed by atoms with Gasteiger partial charge in [0.05, 0.1) is 0 Å². The van der Waals surface area contributed by atoms with Crippen molar-refractivity contribution in [2.75, 3.05) is 5.43 Å². The maximum absolute atomic E-state index is 12.0. The van der Waals surface area contributed by atoms with E-state index in [1.807, 2.05) is 0 Å². The second kappa shape index (κ2) is 5.66. The van der Waals surface area contributed by atoms with Crippen LogP contribution in [0.5, 0.6) is 17.2 Å². The number of aromatic nitrogens is 1. The number of hydrogen-bond donors (Lipinski definition) is 2. The van der Waals surface area contributed by atoms with Crippen LogP contribution in [0.3, 0.4) is 0 Å². The number of ether oxygens (including phenoxy) is 2. The van der Waals surface area contributed by atoms with Gasteiger partial charge in [0.15, 0.2) is 0 Å². The third-order valence-electron chi connectivity index (χ3n) is 2.17. The van der Waals surface area contributed by atoms with Crippen molar-refractivity contribution in [3.63, 3.8) is 0 Å². The minimum atomic E-state index is -4.71. The molecule has 8 heteroatoms. The minimum absolute atomic E-state index is 0.316. The van der Waals surface area contributed by atoms with Gasteiger partial charge in [0, 0.05) is 12.3 Å². The molecule has 106 valence electrons. The van der Waals surface area contributed by atoms with Crippen LogP contribution in [0, 0.1) is 0 Å². The maximum atomic E-state index is 12.0. The summed E-state index contributed by atoms with van der Waals surface area (Å²) < 4.78 is 45.2. The first-order valence-corrected chi connectivity index (χ1v) is 5.42. The molecule has 1 aromatic carbocycles. The van der Waals surface area contributed by atoms with E-state index in [1.54, 1.807) is 12.1 Å². The number of halogens is 3. The normalized spacial score (nSPS) is 11.0. The van der Waals surface area contributed by atoms with E-state index in [-0.39, 0.29) is 5.75 Å². The number of nitrogens with zero attached hydrogens (tertiary/aromatic N) is 1. The first-order valence-electron chi connectivity index (χ1n) is 5.42. The van der Waals surface area contributed by atoms with Crippen LogP contribution < -0.4 is 20.7 Å². The summed E-state index contributed by atoms with van der Waals surface area (Å²) in [5.41, 5.74) is 2.35. The van der Waals surface area contributed by atoms with Crippen LogP contribution in [0.15, 0.2) is 42.6 Å². The quantitative estimate of drug-likeness (QED) is 0.667. The van der Waals surface area contributed by atoms with Crippen LogP contribution in [-0.4, -0.2) is 11.3 Å². The Bertz CT molecular complexity index is 573. The van der Waals surface area contributed by atoms with Gasteiger partial charge >= 0.3 is 6.36 Å². The van der Waals surface area contributed by atoms with Crippen LogP contribution in [-0.2, 0) is 0 Å². The Morgan fingerprint density at radius 3 is 2.25 bits per heavy atom. The van der Waals surface area contributed by atoms with Crippen LogP contribution >= 0.6 is 0 Å².